The summed E-state index contributed by atoms with van der Waals surface area (Å²) in [7, 11) is 0. The second-order valence-electron chi connectivity index (χ2n) is 6.64. The Bertz CT molecular complexity index is 1010. The van der Waals surface area contributed by atoms with Crippen LogP contribution < -0.4 is 14.8 Å². The molecule has 3 aromatic rings. The first kappa shape index (κ1) is 22.0. The van der Waals surface area contributed by atoms with Crippen LogP contribution in [0.5, 0.6) is 11.5 Å². The standard InChI is InChI=1S/C21H26N4O3S2/c1-3-11-27-16-8-7-15(14-17(16)28-12-4-2)22-19(26)9-10-25-20(23-24-21(25)29)18-6-5-13-30-18/h5-8,13-14H,3-4,9-12H2,1-2H3,(H,22,26)(H,24,29). The SMILES string of the molecule is CCCOc1ccc(NC(=O)CCn2c(-c3cccs3)n[nH]c2=S)cc1OCCC. The van der Waals surface area contributed by atoms with Gasteiger partial charge in [0.05, 0.1) is 18.1 Å². The van der Waals surface area contributed by atoms with Gasteiger partial charge >= 0.3 is 0 Å². The summed E-state index contributed by atoms with van der Waals surface area (Å²) in [5.41, 5.74) is 0.671. The highest BCUT2D eigenvalue weighted by Crippen LogP contribution is 2.31. The van der Waals surface area contributed by atoms with Crippen molar-refractivity contribution in [1.82, 2.24) is 14.8 Å². The fourth-order valence-corrected chi connectivity index (χ4v) is 3.74. The van der Waals surface area contributed by atoms with E-state index in [1.54, 1.807) is 17.4 Å². The highest BCUT2D eigenvalue weighted by atomic mass is 32.1. The van der Waals surface area contributed by atoms with Gasteiger partial charge in [-0.05, 0) is 48.6 Å². The van der Waals surface area contributed by atoms with Gasteiger partial charge in [0, 0.05) is 24.7 Å². The number of H-pyrrole nitrogens is 1. The van der Waals surface area contributed by atoms with Crippen molar-refractivity contribution in [2.75, 3.05) is 18.5 Å². The lowest BCUT2D eigenvalue weighted by Gasteiger charge is -2.14. The summed E-state index contributed by atoms with van der Waals surface area (Å²) in [6, 6.07) is 9.39. The summed E-state index contributed by atoms with van der Waals surface area (Å²) in [4.78, 5) is 13.5. The smallest absolute Gasteiger partial charge is 0.226 e. The fourth-order valence-electron chi connectivity index (χ4n) is 2.80. The Labute approximate surface area is 185 Å². The monoisotopic (exact) mass is 446 g/mol. The number of amides is 1. The summed E-state index contributed by atoms with van der Waals surface area (Å²) in [6.45, 7) is 5.74. The molecule has 2 aromatic heterocycles. The predicted molar refractivity (Wildman–Crippen MR) is 122 cm³/mol. The van der Waals surface area contributed by atoms with E-state index in [0.717, 1.165) is 23.5 Å². The molecule has 3 rings (SSSR count). The van der Waals surface area contributed by atoms with E-state index in [1.807, 2.05) is 41.1 Å². The zero-order valence-corrected chi connectivity index (χ0v) is 18.8. The van der Waals surface area contributed by atoms with E-state index in [4.69, 9.17) is 21.7 Å². The van der Waals surface area contributed by atoms with Gasteiger partial charge < -0.3 is 14.8 Å². The van der Waals surface area contributed by atoms with Gasteiger partial charge in [-0.1, -0.05) is 19.9 Å². The second-order valence-corrected chi connectivity index (χ2v) is 7.97. The molecule has 1 amide bonds. The van der Waals surface area contributed by atoms with Crippen LogP contribution in [0.2, 0.25) is 0 Å². The van der Waals surface area contributed by atoms with Crippen LogP contribution in [0.4, 0.5) is 5.69 Å². The summed E-state index contributed by atoms with van der Waals surface area (Å²) < 4.78 is 13.9. The van der Waals surface area contributed by atoms with Crippen molar-refractivity contribution in [3.8, 4) is 22.2 Å². The van der Waals surface area contributed by atoms with Crippen LogP contribution in [-0.2, 0) is 11.3 Å². The number of carbonyl (C=O) groups excluding carboxylic acids is 1. The molecule has 0 atom stereocenters. The zero-order valence-electron chi connectivity index (χ0n) is 17.1. The number of nitrogens with zero attached hydrogens (tertiary/aromatic N) is 2. The van der Waals surface area contributed by atoms with E-state index >= 15 is 0 Å². The summed E-state index contributed by atoms with van der Waals surface area (Å²) in [5.74, 6) is 1.96. The molecule has 30 heavy (non-hydrogen) atoms. The zero-order chi connectivity index (χ0) is 21.3. The number of carbonyl (C=O) groups is 1. The molecule has 0 aliphatic rings. The number of rotatable bonds is 11. The van der Waals surface area contributed by atoms with E-state index in [9.17, 15) is 4.79 Å². The second kappa shape index (κ2) is 10.9. The Kier molecular flexibility index (Phi) is 8.04. The highest BCUT2D eigenvalue weighted by Gasteiger charge is 2.13. The number of thiophene rings is 1. The van der Waals surface area contributed by atoms with Crippen LogP contribution in [0.15, 0.2) is 35.7 Å². The van der Waals surface area contributed by atoms with Gasteiger partial charge in [-0.15, -0.1) is 11.3 Å². The average Bonchev–Trinajstić information content (AvgIpc) is 3.39. The third-order valence-electron chi connectivity index (χ3n) is 4.21. The minimum Gasteiger partial charge on any atom is -0.490 e. The third kappa shape index (κ3) is 5.70. The van der Waals surface area contributed by atoms with Crippen molar-refractivity contribution >= 4 is 35.1 Å². The third-order valence-corrected chi connectivity index (χ3v) is 5.39. The molecule has 9 heteroatoms. The van der Waals surface area contributed by atoms with E-state index < -0.39 is 0 Å². The van der Waals surface area contributed by atoms with E-state index in [1.165, 1.54) is 0 Å². The molecule has 7 nitrogen and oxygen atoms in total. The quantitative estimate of drug-likeness (QED) is 0.392. The first-order valence-electron chi connectivity index (χ1n) is 10.0. The molecule has 0 saturated heterocycles. The molecular formula is C21H26N4O3S2. The van der Waals surface area contributed by atoms with Gasteiger partial charge in [-0.3, -0.25) is 14.5 Å². The minimum absolute atomic E-state index is 0.112. The van der Waals surface area contributed by atoms with Crippen LogP contribution in [0.25, 0.3) is 10.7 Å². The van der Waals surface area contributed by atoms with Crippen molar-refractivity contribution < 1.29 is 14.3 Å². The molecule has 0 bridgehead atoms. The van der Waals surface area contributed by atoms with E-state index in [-0.39, 0.29) is 12.3 Å². The topological polar surface area (TPSA) is 81.2 Å². The Morgan fingerprint density at radius 2 is 1.97 bits per heavy atom. The molecule has 0 aliphatic heterocycles. The van der Waals surface area contributed by atoms with Crippen LogP contribution in [0.1, 0.15) is 33.1 Å². The Balaban J connectivity index is 1.65. The van der Waals surface area contributed by atoms with Crippen LogP contribution >= 0.6 is 23.6 Å². The largest absolute Gasteiger partial charge is 0.490 e. The molecular weight excluding hydrogens is 420 g/mol. The number of aromatic nitrogens is 3. The lowest BCUT2D eigenvalue weighted by atomic mass is 10.2. The molecule has 0 saturated carbocycles. The summed E-state index contributed by atoms with van der Waals surface area (Å²) >= 11 is 6.90. The minimum atomic E-state index is -0.112. The normalized spacial score (nSPS) is 10.7. The number of nitrogens with one attached hydrogen (secondary N) is 2. The number of hydrogen-bond donors (Lipinski definition) is 2. The van der Waals surface area contributed by atoms with Gasteiger partial charge in [-0.2, -0.15) is 5.10 Å². The molecule has 0 radical (unpaired) electrons. The number of benzene rings is 1. The van der Waals surface area contributed by atoms with Gasteiger partial charge in [0.2, 0.25) is 5.91 Å². The van der Waals surface area contributed by atoms with Crippen molar-refractivity contribution in [3.63, 3.8) is 0 Å². The van der Waals surface area contributed by atoms with Crippen LogP contribution in [0, 0.1) is 4.77 Å². The predicted octanol–water partition coefficient (Wildman–Crippen LogP) is 5.28. The molecule has 0 unspecified atom stereocenters. The van der Waals surface area contributed by atoms with Crippen molar-refractivity contribution in [2.24, 2.45) is 0 Å². The van der Waals surface area contributed by atoms with Gasteiger partial charge in [0.15, 0.2) is 22.1 Å². The maximum Gasteiger partial charge on any atom is 0.226 e. The molecule has 160 valence electrons. The number of aromatic amines is 1. The summed E-state index contributed by atoms with van der Waals surface area (Å²) in [5, 5.41) is 12.0. The van der Waals surface area contributed by atoms with Gasteiger partial charge in [0.1, 0.15) is 0 Å². The molecule has 1 aromatic carbocycles. The summed E-state index contributed by atoms with van der Waals surface area (Å²) in [6.07, 6.45) is 2.07. The van der Waals surface area contributed by atoms with Crippen LogP contribution in [-0.4, -0.2) is 33.9 Å². The molecule has 0 aliphatic carbocycles. The first-order valence-corrected chi connectivity index (χ1v) is 11.3. The van der Waals surface area contributed by atoms with E-state index in [2.05, 4.69) is 22.4 Å². The Morgan fingerprint density at radius 3 is 2.67 bits per heavy atom. The lowest BCUT2D eigenvalue weighted by Crippen LogP contribution is -2.15. The highest BCUT2D eigenvalue weighted by molar-refractivity contribution is 7.71. The molecule has 2 N–H and O–H groups in total. The van der Waals surface area contributed by atoms with Gasteiger partial charge in [0.25, 0.3) is 0 Å². The number of hydrogen-bond acceptors (Lipinski definition) is 6. The van der Waals surface area contributed by atoms with Crippen molar-refractivity contribution in [2.45, 2.75) is 39.7 Å². The van der Waals surface area contributed by atoms with Gasteiger partial charge in [-0.25, -0.2) is 0 Å². The van der Waals surface area contributed by atoms with Crippen LogP contribution in [0.3, 0.4) is 0 Å². The Morgan fingerprint density at radius 1 is 1.20 bits per heavy atom. The maximum atomic E-state index is 12.5. The number of ether oxygens (including phenoxy) is 2. The maximum absolute atomic E-state index is 12.5. The molecule has 0 fully saturated rings. The van der Waals surface area contributed by atoms with E-state index in [0.29, 0.717) is 41.7 Å². The molecule has 0 spiro atoms. The molecule has 2 heterocycles. The fraction of sp³-hybridized carbons (Fsp3) is 0.381. The first-order chi connectivity index (χ1) is 14.6. The average molecular weight is 447 g/mol. The van der Waals surface area contributed by atoms with Crippen molar-refractivity contribution in [1.29, 1.82) is 0 Å². The van der Waals surface area contributed by atoms with Crippen molar-refractivity contribution in [3.05, 3.63) is 40.5 Å². The number of anilines is 1. The Hall–Kier alpha value is -2.65. The lowest BCUT2D eigenvalue weighted by molar-refractivity contribution is -0.116.